The average molecular weight is 364 g/mol. The maximum Gasteiger partial charge on any atom is 0.166 e. The van der Waals surface area contributed by atoms with E-state index >= 15 is 0 Å². The quantitative estimate of drug-likeness (QED) is 0.601. The first-order chi connectivity index (χ1) is 12.9. The number of thioether (sulfide) groups is 1. The molecule has 1 N–H and O–H groups in total. The maximum absolute atomic E-state index is 4.93. The van der Waals surface area contributed by atoms with Crippen LogP contribution in [0.15, 0.2) is 65.8 Å². The number of hydrogen-bond acceptors (Lipinski definition) is 3. The van der Waals surface area contributed by atoms with E-state index in [-0.39, 0.29) is 0 Å². The summed E-state index contributed by atoms with van der Waals surface area (Å²) < 4.78 is 0. The van der Waals surface area contributed by atoms with Gasteiger partial charge in [-0.15, -0.1) is 0 Å². The summed E-state index contributed by atoms with van der Waals surface area (Å²) in [6.07, 6.45) is 4.09. The number of benzene rings is 2. The molecule has 134 valence electrons. The van der Waals surface area contributed by atoms with Gasteiger partial charge in [-0.2, -0.15) is 0 Å². The monoisotopic (exact) mass is 363 g/mol. The highest BCUT2D eigenvalue weighted by Gasteiger charge is 2.15. The van der Waals surface area contributed by atoms with Crippen LogP contribution in [0.1, 0.15) is 19.3 Å². The average Bonchev–Trinajstić information content (AvgIpc) is 3.14. The molecule has 26 heavy (non-hydrogen) atoms. The molecule has 0 bridgehead atoms. The second-order valence-electron chi connectivity index (χ2n) is 6.75. The van der Waals surface area contributed by atoms with E-state index in [4.69, 9.17) is 4.98 Å². The van der Waals surface area contributed by atoms with Gasteiger partial charge in [0.25, 0.3) is 0 Å². The summed E-state index contributed by atoms with van der Waals surface area (Å²) in [6.45, 7) is 3.65. The number of nitrogens with zero attached hydrogens (tertiary/aromatic N) is 2. The molecule has 0 spiro atoms. The number of rotatable bonds is 6. The molecule has 0 radical (unpaired) electrons. The lowest BCUT2D eigenvalue weighted by atomic mass is 10.1. The summed E-state index contributed by atoms with van der Waals surface area (Å²) in [6, 6.07) is 20.9. The van der Waals surface area contributed by atoms with Crippen molar-refractivity contribution in [2.45, 2.75) is 24.4 Å². The van der Waals surface area contributed by atoms with Crippen molar-refractivity contribution in [3.63, 3.8) is 0 Å². The molecule has 1 aliphatic heterocycles. The van der Waals surface area contributed by atoms with E-state index in [1.165, 1.54) is 37.9 Å². The largest absolute Gasteiger partial charge is 0.332 e. The van der Waals surface area contributed by atoms with Gasteiger partial charge in [-0.1, -0.05) is 78.8 Å². The zero-order valence-electron chi connectivity index (χ0n) is 15.0. The number of piperidine rings is 1. The lowest BCUT2D eigenvalue weighted by Crippen LogP contribution is -2.31. The molecular weight excluding hydrogens is 338 g/mol. The molecule has 0 saturated carbocycles. The molecule has 0 amide bonds. The standard InChI is InChI=1S/C22H25N3S/c1-4-10-18(11-5-1)20-21(19-12-6-2-7-13-19)24-22(23-20)26-17-16-25-14-8-3-9-15-25/h1-2,4-7,10-13H,3,8-9,14-17H2,(H,23,24). The number of hydrogen-bond donors (Lipinski definition) is 1. The van der Waals surface area contributed by atoms with E-state index in [1.54, 1.807) is 0 Å². The molecule has 3 nitrogen and oxygen atoms in total. The molecule has 1 saturated heterocycles. The Morgan fingerprint density at radius 2 is 1.50 bits per heavy atom. The van der Waals surface area contributed by atoms with E-state index in [2.05, 4.69) is 64.5 Å². The molecule has 2 heterocycles. The lowest BCUT2D eigenvalue weighted by molar-refractivity contribution is 0.242. The Kier molecular flexibility index (Phi) is 5.72. The number of H-pyrrole nitrogens is 1. The molecule has 1 aliphatic rings. The second-order valence-corrected chi connectivity index (χ2v) is 7.83. The molecular formula is C22H25N3S. The normalized spacial score (nSPS) is 15.2. The van der Waals surface area contributed by atoms with Gasteiger partial charge < -0.3 is 9.88 Å². The van der Waals surface area contributed by atoms with Gasteiger partial charge in [0.2, 0.25) is 0 Å². The lowest BCUT2D eigenvalue weighted by Gasteiger charge is -2.25. The molecule has 1 fully saturated rings. The molecule has 1 aromatic heterocycles. The van der Waals surface area contributed by atoms with Gasteiger partial charge in [0, 0.05) is 23.4 Å². The van der Waals surface area contributed by atoms with Gasteiger partial charge in [-0.25, -0.2) is 4.98 Å². The Hall–Kier alpha value is -2.04. The smallest absolute Gasteiger partial charge is 0.166 e. The van der Waals surface area contributed by atoms with Crippen molar-refractivity contribution in [2.75, 3.05) is 25.4 Å². The van der Waals surface area contributed by atoms with Crippen LogP contribution in [0.4, 0.5) is 0 Å². The fraction of sp³-hybridized carbons (Fsp3) is 0.318. The van der Waals surface area contributed by atoms with Crippen molar-refractivity contribution in [1.29, 1.82) is 0 Å². The third-order valence-corrected chi connectivity index (χ3v) is 5.74. The number of aromatic amines is 1. The Balaban J connectivity index is 1.53. The summed E-state index contributed by atoms with van der Waals surface area (Å²) in [4.78, 5) is 11.1. The number of likely N-dealkylation sites (tertiary alicyclic amines) is 1. The van der Waals surface area contributed by atoms with Crippen molar-refractivity contribution in [3.8, 4) is 22.5 Å². The highest BCUT2D eigenvalue weighted by molar-refractivity contribution is 7.99. The van der Waals surface area contributed by atoms with Crippen molar-refractivity contribution in [1.82, 2.24) is 14.9 Å². The first-order valence-corrected chi connectivity index (χ1v) is 10.4. The number of nitrogens with one attached hydrogen (secondary N) is 1. The van der Waals surface area contributed by atoms with Crippen molar-refractivity contribution in [3.05, 3.63) is 60.7 Å². The van der Waals surface area contributed by atoms with Crippen LogP contribution in [0.2, 0.25) is 0 Å². The van der Waals surface area contributed by atoms with Crippen LogP contribution in [-0.4, -0.2) is 40.3 Å². The van der Waals surface area contributed by atoms with E-state index in [0.717, 1.165) is 34.4 Å². The summed E-state index contributed by atoms with van der Waals surface area (Å²) in [5.41, 5.74) is 4.49. The third-order valence-electron chi connectivity index (χ3n) is 4.89. The molecule has 0 unspecified atom stereocenters. The zero-order chi connectivity index (χ0) is 17.6. The number of aromatic nitrogens is 2. The Morgan fingerprint density at radius 3 is 2.19 bits per heavy atom. The van der Waals surface area contributed by atoms with E-state index in [9.17, 15) is 0 Å². The van der Waals surface area contributed by atoms with Crippen molar-refractivity contribution >= 4 is 11.8 Å². The Bertz CT molecular complexity index is 751. The van der Waals surface area contributed by atoms with Gasteiger partial charge >= 0.3 is 0 Å². The van der Waals surface area contributed by atoms with Crippen LogP contribution in [0.3, 0.4) is 0 Å². The maximum atomic E-state index is 4.93. The van der Waals surface area contributed by atoms with E-state index < -0.39 is 0 Å². The first-order valence-electron chi connectivity index (χ1n) is 9.46. The predicted molar refractivity (Wildman–Crippen MR) is 110 cm³/mol. The topological polar surface area (TPSA) is 31.9 Å². The fourth-order valence-corrected chi connectivity index (χ4v) is 4.37. The molecule has 2 aromatic carbocycles. The molecule has 0 aliphatic carbocycles. The van der Waals surface area contributed by atoms with Gasteiger partial charge in [0.05, 0.1) is 11.4 Å². The predicted octanol–water partition coefficient (Wildman–Crippen LogP) is 5.32. The van der Waals surface area contributed by atoms with Gasteiger partial charge in [0.1, 0.15) is 0 Å². The Morgan fingerprint density at radius 1 is 0.846 bits per heavy atom. The molecule has 0 atom stereocenters. The summed E-state index contributed by atoms with van der Waals surface area (Å²) in [5.74, 6) is 1.08. The van der Waals surface area contributed by atoms with Gasteiger partial charge in [0.15, 0.2) is 5.16 Å². The number of imidazole rings is 1. The third kappa shape index (κ3) is 4.19. The van der Waals surface area contributed by atoms with Crippen LogP contribution >= 0.6 is 11.8 Å². The van der Waals surface area contributed by atoms with Gasteiger partial charge in [-0.3, -0.25) is 0 Å². The minimum atomic E-state index is 1.01. The zero-order valence-corrected chi connectivity index (χ0v) is 15.8. The summed E-state index contributed by atoms with van der Waals surface area (Å²) in [5, 5.41) is 1.01. The highest BCUT2D eigenvalue weighted by Crippen LogP contribution is 2.32. The van der Waals surface area contributed by atoms with Crippen LogP contribution < -0.4 is 0 Å². The molecule has 4 heteroatoms. The highest BCUT2D eigenvalue weighted by atomic mass is 32.2. The van der Waals surface area contributed by atoms with Crippen molar-refractivity contribution < 1.29 is 0 Å². The van der Waals surface area contributed by atoms with Crippen molar-refractivity contribution in [2.24, 2.45) is 0 Å². The van der Waals surface area contributed by atoms with E-state index in [1.807, 2.05) is 17.8 Å². The first kappa shape index (κ1) is 17.4. The minimum absolute atomic E-state index is 1.01. The van der Waals surface area contributed by atoms with Crippen LogP contribution in [0.25, 0.3) is 22.5 Å². The van der Waals surface area contributed by atoms with Gasteiger partial charge in [-0.05, 0) is 25.9 Å². The summed E-state index contributed by atoms with van der Waals surface area (Å²) >= 11 is 1.83. The molecule has 3 aromatic rings. The second kappa shape index (κ2) is 8.56. The molecule has 4 rings (SSSR count). The van der Waals surface area contributed by atoms with Crippen LogP contribution in [-0.2, 0) is 0 Å². The van der Waals surface area contributed by atoms with Crippen LogP contribution in [0, 0.1) is 0 Å². The van der Waals surface area contributed by atoms with Crippen LogP contribution in [0.5, 0.6) is 0 Å². The minimum Gasteiger partial charge on any atom is -0.332 e. The Labute approximate surface area is 159 Å². The summed E-state index contributed by atoms with van der Waals surface area (Å²) in [7, 11) is 0. The fourth-order valence-electron chi connectivity index (χ4n) is 3.49. The SMILES string of the molecule is c1ccc(-c2nc(SCCN3CCCCC3)[nH]c2-c2ccccc2)cc1. The van der Waals surface area contributed by atoms with E-state index in [0.29, 0.717) is 0 Å².